The van der Waals surface area contributed by atoms with E-state index in [0.717, 1.165) is 25.5 Å². The molecule has 2 rings (SSSR count). The Kier molecular flexibility index (Phi) is 5.33. The molecule has 0 saturated heterocycles. The van der Waals surface area contributed by atoms with Gasteiger partial charge in [-0.3, -0.25) is 0 Å². The lowest BCUT2D eigenvalue weighted by molar-refractivity contribution is 0.362. The quantitative estimate of drug-likeness (QED) is 0.759. The van der Waals surface area contributed by atoms with Gasteiger partial charge in [-0.05, 0) is 49.8 Å². The van der Waals surface area contributed by atoms with E-state index in [4.69, 9.17) is 0 Å². The zero-order chi connectivity index (χ0) is 17.3. The lowest BCUT2D eigenvalue weighted by atomic mass is 9.95. The zero-order valence-electron chi connectivity index (χ0n) is 13.7. The van der Waals surface area contributed by atoms with Crippen LogP contribution in [0.1, 0.15) is 24.8 Å². The van der Waals surface area contributed by atoms with Gasteiger partial charge in [0, 0.05) is 19.8 Å². The van der Waals surface area contributed by atoms with Crippen molar-refractivity contribution in [1.82, 2.24) is 4.31 Å². The fourth-order valence-corrected chi connectivity index (χ4v) is 4.96. The van der Waals surface area contributed by atoms with Crippen LogP contribution >= 0.6 is 0 Å². The molecule has 0 saturated carbocycles. The number of hydrogen-bond donors (Lipinski definition) is 0. The van der Waals surface area contributed by atoms with Crippen molar-refractivity contribution in [3.8, 4) is 0 Å². The summed E-state index contributed by atoms with van der Waals surface area (Å²) in [5.74, 6) is 0.304. The molecule has 0 radical (unpaired) electrons. The van der Waals surface area contributed by atoms with E-state index in [2.05, 4.69) is 12.2 Å². The van der Waals surface area contributed by atoms with Gasteiger partial charge in [-0.2, -0.15) is 0 Å². The van der Waals surface area contributed by atoms with Crippen LogP contribution in [-0.4, -0.2) is 41.0 Å². The van der Waals surface area contributed by atoms with Gasteiger partial charge in [0.25, 0.3) is 0 Å². The molecule has 1 unspecified atom stereocenters. The van der Waals surface area contributed by atoms with E-state index in [1.54, 1.807) is 20.0 Å². The van der Waals surface area contributed by atoms with Crippen molar-refractivity contribution in [2.45, 2.75) is 36.0 Å². The number of sulfonamides is 1. The highest BCUT2D eigenvalue weighted by Gasteiger charge is 2.26. The predicted octanol–water partition coefficient (Wildman–Crippen LogP) is 2.38. The molecule has 0 spiro atoms. The van der Waals surface area contributed by atoms with Crippen molar-refractivity contribution in [3.63, 3.8) is 0 Å². The first-order valence-corrected chi connectivity index (χ1v) is 10.9. The lowest BCUT2D eigenvalue weighted by Crippen LogP contribution is -2.32. The van der Waals surface area contributed by atoms with Crippen LogP contribution in [-0.2, 0) is 19.9 Å². The highest BCUT2D eigenvalue weighted by Crippen LogP contribution is 2.25. The maximum absolute atomic E-state index is 12.8. The molecular weight excluding hydrogens is 334 g/mol. The Morgan fingerprint density at radius 3 is 2.43 bits per heavy atom. The summed E-state index contributed by atoms with van der Waals surface area (Å²) in [6.07, 6.45) is 8.10. The summed E-state index contributed by atoms with van der Waals surface area (Å²) < 4.78 is 50.4. The predicted molar refractivity (Wildman–Crippen MR) is 90.6 cm³/mol. The first-order valence-electron chi connectivity index (χ1n) is 7.54. The molecule has 128 valence electrons. The van der Waals surface area contributed by atoms with Gasteiger partial charge in [-0.25, -0.2) is 21.1 Å². The molecule has 0 heterocycles. The Morgan fingerprint density at radius 1 is 1.17 bits per heavy atom. The maximum atomic E-state index is 12.8. The second-order valence-electron chi connectivity index (χ2n) is 6.14. The Labute approximate surface area is 139 Å². The van der Waals surface area contributed by atoms with Crippen molar-refractivity contribution in [3.05, 3.63) is 35.9 Å². The van der Waals surface area contributed by atoms with E-state index in [0.29, 0.717) is 18.0 Å². The van der Waals surface area contributed by atoms with Crippen molar-refractivity contribution in [2.24, 2.45) is 5.92 Å². The summed E-state index contributed by atoms with van der Waals surface area (Å²) in [4.78, 5) is 0.0879. The van der Waals surface area contributed by atoms with E-state index < -0.39 is 19.9 Å². The summed E-state index contributed by atoms with van der Waals surface area (Å²) in [7, 11) is -5.60. The van der Waals surface area contributed by atoms with Crippen LogP contribution in [0.2, 0.25) is 0 Å². The Balaban J connectivity index is 2.33. The molecule has 7 heteroatoms. The molecule has 5 nitrogen and oxygen atoms in total. The molecule has 1 aromatic carbocycles. The number of nitrogens with zero attached hydrogens (tertiary/aromatic N) is 1. The van der Waals surface area contributed by atoms with Crippen LogP contribution in [0.3, 0.4) is 0 Å². The molecule has 1 aliphatic carbocycles. The van der Waals surface area contributed by atoms with Crippen molar-refractivity contribution < 1.29 is 16.8 Å². The normalized spacial score (nSPS) is 19.2. The van der Waals surface area contributed by atoms with Crippen LogP contribution in [0.15, 0.2) is 40.1 Å². The summed E-state index contributed by atoms with van der Waals surface area (Å²) >= 11 is 0. The molecule has 0 N–H and O–H groups in total. The third-order valence-electron chi connectivity index (χ3n) is 4.17. The van der Waals surface area contributed by atoms with E-state index in [-0.39, 0.29) is 9.79 Å². The van der Waals surface area contributed by atoms with Gasteiger partial charge in [-0.1, -0.05) is 18.2 Å². The number of sulfone groups is 1. The fraction of sp³-hybridized carbons (Fsp3) is 0.500. The highest BCUT2D eigenvalue weighted by atomic mass is 32.2. The van der Waals surface area contributed by atoms with Crippen LogP contribution in [0.5, 0.6) is 0 Å². The number of hydrogen-bond acceptors (Lipinski definition) is 4. The molecular formula is C16H23NO4S2. The standard InChI is InChI=1S/C16H23NO4S2/c1-13-9-10-15(22(3,18)19)11-16(13)23(20,21)17(2)12-14-7-5-4-6-8-14/h4-5,9-11,14H,6-8,12H2,1-3H3. The molecule has 23 heavy (non-hydrogen) atoms. The molecule has 1 aromatic rings. The second kappa shape index (κ2) is 6.75. The Bertz CT molecular complexity index is 810. The maximum Gasteiger partial charge on any atom is 0.243 e. The molecule has 0 amide bonds. The number of benzene rings is 1. The second-order valence-corrected chi connectivity index (χ2v) is 10.2. The highest BCUT2D eigenvalue weighted by molar-refractivity contribution is 7.91. The Morgan fingerprint density at radius 2 is 1.87 bits per heavy atom. The number of aryl methyl sites for hydroxylation is 1. The third-order valence-corrected chi connectivity index (χ3v) is 7.24. The number of allylic oxidation sites excluding steroid dienone is 2. The minimum absolute atomic E-state index is 0.0238. The topological polar surface area (TPSA) is 71.5 Å². The van der Waals surface area contributed by atoms with Gasteiger partial charge < -0.3 is 0 Å². The van der Waals surface area contributed by atoms with Crippen LogP contribution in [0.4, 0.5) is 0 Å². The van der Waals surface area contributed by atoms with Crippen molar-refractivity contribution in [2.75, 3.05) is 19.8 Å². The third kappa shape index (κ3) is 4.22. The SMILES string of the molecule is Cc1ccc(S(C)(=O)=O)cc1S(=O)(=O)N(C)CC1CC=CCC1. The van der Waals surface area contributed by atoms with E-state index >= 15 is 0 Å². The summed E-state index contributed by atoms with van der Waals surface area (Å²) in [6, 6.07) is 4.24. The van der Waals surface area contributed by atoms with Gasteiger partial charge in [0.15, 0.2) is 9.84 Å². The van der Waals surface area contributed by atoms with Gasteiger partial charge in [0.2, 0.25) is 10.0 Å². The van der Waals surface area contributed by atoms with E-state index in [9.17, 15) is 16.8 Å². The zero-order valence-corrected chi connectivity index (χ0v) is 15.3. The van der Waals surface area contributed by atoms with E-state index in [1.807, 2.05) is 0 Å². The fourth-order valence-electron chi connectivity index (χ4n) is 2.74. The largest absolute Gasteiger partial charge is 0.243 e. The van der Waals surface area contributed by atoms with Crippen LogP contribution in [0, 0.1) is 12.8 Å². The first kappa shape index (κ1) is 18.2. The van der Waals surface area contributed by atoms with Crippen LogP contribution < -0.4 is 0 Å². The van der Waals surface area contributed by atoms with Gasteiger partial charge in [0.05, 0.1) is 9.79 Å². The molecule has 0 bridgehead atoms. The van der Waals surface area contributed by atoms with Gasteiger partial charge >= 0.3 is 0 Å². The average Bonchev–Trinajstić information content (AvgIpc) is 2.47. The summed E-state index contributed by atoms with van der Waals surface area (Å²) in [5, 5.41) is 0. The van der Waals surface area contributed by atoms with Crippen molar-refractivity contribution >= 4 is 19.9 Å². The lowest BCUT2D eigenvalue weighted by Gasteiger charge is -2.25. The monoisotopic (exact) mass is 357 g/mol. The smallest absolute Gasteiger partial charge is 0.224 e. The number of rotatable bonds is 5. The molecule has 0 fully saturated rings. The molecule has 0 aliphatic heterocycles. The summed E-state index contributed by atoms with van der Waals surface area (Å²) in [5.41, 5.74) is 0.549. The average molecular weight is 357 g/mol. The molecule has 1 atom stereocenters. The first-order chi connectivity index (χ1) is 10.6. The Hall–Kier alpha value is -1.18. The van der Waals surface area contributed by atoms with Crippen molar-refractivity contribution in [1.29, 1.82) is 0 Å². The molecule has 1 aliphatic rings. The minimum atomic E-state index is -3.71. The van der Waals surface area contributed by atoms with Gasteiger partial charge in [0.1, 0.15) is 0 Å². The minimum Gasteiger partial charge on any atom is -0.224 e. The molecule has 0 aromatic heterocycles. The van der Waals surface area contributed by atoms with E-state index in [1.165, 1.54) is 16.4 Å². The van der Waals surface area contributed by atoms with Crippen LogP contribution in [0.25, 0.3) is 0 Å². The summed E-state index contributed by atoms with van der Waals surface area (Å²) in [6.45, 7) is 2.12. The van der Waals surface area contributed by atoms with Gasteiger partial charge in [-0.15, -0.1) is 0 Å².